The van der Waals surface area contributed by atoms with Gasteiger partial charge in [0.1, 0.15) is 23.8 Å². The molecule has 0 fully saturated rings. The Morgan fingerprint density at radius 1 is 1.00 bits per heavy atom. The van der Waals surface area contributed by atoms with Crippen molar-refractivity contribution in [3.8, 4) is 22.8 Å². The van der Waals surface area contributed by atoms with Crippen molar-refractivity contribution in [1.82, 2.24) is 9.97 Å². The van der Waals surface area contributed by atoms with Gasteiger partial charge in [-0.3, -0.25) is 14.0 Å². The lowest BCUT2D eigenvalue weighted by Gasteiger charge is -2.29. The molecule has 0 radical (unpaired) electrons. The number of ether oxygens (including phenoxy) is 2. The second-order valence-electron chi connectivity index (χ2n) is 8.23. The maximum atomic E-state index is 13.3. The minimum absolute atomic E-state index is 0.0430. The van der Waals surface area contributed by atoms with Crippen LogP contribution in [-0.4, -0.2) is 53.3 Å². The maximum absolute atomic E-state index is 13.3. The van der Waals surface area contributed by atoms with Gasteiger partial charge in [-0.25, -0.2) is 26.2 Å². The SMILES string of the molecule is COc1ncc(-c2ccc3ncc4c(c3c2)OCCN4S(C)(=O)=O)cc1NS(=O)(=O)c1ccc(F)cc1. The third kappa shape index (κ3) is 4.74. The number of sulfonamides is 2. The van der Waals surface area contributed by atoms with Crippen LogP contribution in [0.15, 0.2) is 65.8 Å². The van der Waals surface area contributed by atoms with Crippen molar-refractivity contribution >= 4 is 42.3 Å². The highest BCUT2D eigenvalue weighted by atomic mass is 32.2. The first kappa shape index (κ1) is 24.7. The van der Waals surface area contributed by atoms with E-state index in [4.69, 9.17) is 9.47 Å². The fourth-order valence-electron chi connectivity index (χ4n) is 4.03. The van der Waals surface area contributed by atoms with Gasteiger partial charge in [-0.05, 0) is 48.0 Å². The second kappa shape index (κ2) is 9.16. The summed E-state index contributed by atoms with van der Waals surface area (Å²) in [5, 5.41) is 0.590. The summed E-state index contributed by atoms with van der Waals surface area (Å²) in [4.78, 5) is 8.49. The molecule has 2 aromatic heterocycles. The van der Waals surface area contributed by atoms with E-state index >= 15 is 0 Å². The number of halogens is 1. The van der Waals surface area contributed by atoms with Gasteiger partial charge in [-0.1, -0.05) is 6.07 Å². The van der Waals surface area contributed by atoms with Crippen LogP contribution in [0.25, 0.3) is 22.0 Å². The molecule has 0 spiro atoms. The van der Waals surface area contributed by atoms with Crippen molar-refractivity contribution < 1.29 is 30.7 Å². The van der Waals surface area contributed by atoms with E-state index in [1.54, 1.807) is 24.3 Å². The number of aromatic nitrogens is 2. The summed E-state index contributed by atoms with van der Waals surface area (Å²) in [6.45, 7) is 0.363. The lowest BCUT2D eigenvalue weighted by molar-refractivity contribution is 0.319. The van der Waals surface area contributed by atoms with Crippen molar-refractivity contribution in [2.75, 3.05) is 35.5 Å². The average molecular weight is 545 g/mol. The fourth-order valence-corrected chi connectivity index (χ4v) is 5.97. The Balaban J connectivity index is 1.57. The molecular weight excluding hydrogens is 523 g/mol. The van der Waals surface area contributed by atoms with Crippen LogP contribution in [-0.2, 0) is 20.0 Å². The molecule has 0 bridgehead atoms. The summed E-state index contributed by atoms with van der Waals surface area (Å²) in [6.07, 6.45) is 4.11. The van der Waals surface area contributed by atoms with Crippen LogP contribution in [0.3, 0.4) is 0 Å². The monoisotopic (exact) mass is 544 g/mol. The smallest absolute Gasteiger partial charge is 0.262 e. The Hall–Kier alpha value is -3.97. The Morgan fingerprint density at radius 2 is 1.76 bits per heavy atom. The average Bonchev–Trinajstić information content (AvgIpc) is 2.87. The number of benzene rings is 2. The van der Waals surface area contributed by atoms with Gasteiger partial charge in [-0.2, -0.15) is 0 Å². The first-order chi connectivity index (χ1) is 17.6. The first-order valence-corrected chi connectivity index (χ1v) is 14.3. The highest BCUT2D eigenvalue weighted by molar-refractivity contribution is 7.92. The minimum atomic E-state index is -4.06. The van der Waals surface area contributed by atoms with Crippen LogP contribution in [0.5, 0.6) is 11.6 Å². The zero-order valence-corrected chi connectivity index (χ0v) is 21.3. The molecule has 0 unspecified atom stereocenters. The van der Waals surface area contributed by atoms with Gasteiger partial charge in [0.05, 0.1) is 36.5 Å². The number of nitrogens with one attached hydrogen (secondary N) is 1. The van der Waals surface area contributed by atoms with Crippen LogP contribution in [0.2, 0.25) is 0 Å². The van der Waals surface area contributed by atoms with Crippen LogP contribution < -0.4 is 18.5 Å². The molecule has 4 aromatic rings. The third-order valence-electron chi connectivity index (χ3n) is 5.76. The van der Waals surface area contributed by atoms with Gasteiger partial charge in [0.2, 0.25) is 15.9 Å². The normalized spacial score (nSPS) is 13.6. The van der Waals surface area contributed by atoms with E-state index in [1.807, 2.05) is 0 Å². The predicted molar refractivity (Wildman–Crippen MR) is 136 cm³/mol. The highest BCUT2D eigenvalue weighted by Gasteiger charge is 2.27. The van der Waals surface area contributed by atoms with E-state index in [9.17, 15) is 21.2 Å². The molecule has 1 aliphatic heterocycles. The number of nitrogens with zero attached hydrogens (tertiary/aromatic N) is 3. The first-order valence-electron chi connectivity index (χ1n) is 10.9. The van der Waals surface area contributed by atoms with Gasteiger partial charge >= 0.3 is 0 Å². The quantitative estimate of drug-likeness (QED) is 0.391. The number of hydrogen-bond donors (Lipinski definition) is 1. The van der Waals surface area contributed by atoms with Crippen molar-refractivity contribution in [2.45, 2.75) is 4.90 Å². The third-order valence-corrected chi connectivity index (χ3v) is 8.32. The van der Waals surface area contributed by atoms with Crippen molar-refractivity contribution in [3.05, 3.63) is 66.7 Å². The number of pyridine rings is 2. The zero-order valence-electron chi connectivity index (χ0n) is 19.7. The molecule has 0 atom stereocenters. The van der Waals surface area contributed by atoms with Crippen LogP contribution in [0.1, 0.15) is 0 Å². The van der Waals surface area contributed by atoms with E-state index in [1.165, 1.54) is 23.8 Å². The second-order valence-corrected chi connectivity index (χ2v) is 11.8. The van der Waals surface area contributed by atoms with Crippen LogP contribution >= 0.6 is 0 Å². The molecule has 5 rings (SSSR count). The summed E-state index contributed by atoms with van der Waals surface area (Å²) in [5.74, 6) is -0.125. The summed E-state index contributed by atoms with van der Waals surface area (Å²) >= 11 is 0. The van der Waals surface area contributed by atoms with E-state index in [0.717, 1.165) is 30.5 Å². The van der Waals surface area contributed by atoms with Crippen molar-refractivity contribution in [1.29, 1.82) is 0 Å². The molecule has 0 amide bonds. The molecule has 10 nitrogen and oxygen atoms in total. The largest absolute Gasteiger partial charge is 0.489 e. The fraction of sp³-hybridized carbons (Fsp3) is 0.167. The summed E-state index contributed by atoms with van der Waals surface area (Å²) in [7, 11) is -6.22. The lowest BCUT2D eigenvalue weighted by Crippen LogP contribution is -2.37. The van der Waals surface area contributed by atoms with E-state index in [-0.39, 0.29) is 29.6 Å². The van der Waals surface area contributed by atoms with Crippen molar-refractivity contribution in [2.24, 2.45) is 0 Å². The van der Waals surface area contributed by atoms with Gasteiger partial charge in [0, 0.05) is 17.1 Å². The molecule has 0 saturated carbocycles. The van der Waals surface area contributed by atoms with Gasteiger partial charge in [-0.15, -0.1) is 0 Å². The molecule has 1 aliphatic rings. The van der Waals surface area contributed by atoms with E-state index in [2.05, 4.69) is 14.7 Å². The summed E-state index contributed by atoms with van der Waals surface area (Å²) in [6, 6.07) is 11.3. The van der Waals surface area contributed by atoms with E-state index in [0.29, 0.717) is 33.5 Å². The maximum Gasteiger partial charge on any atom is 0.262 e. The predicted octanol–water partition coefficient (Wildman–Crippen LogP) is 3.40. The lowest BCUT2D eigenvalue weighted by atomic mass is 10.0. The Labute approximate surface area is 212 Å². The molecule has 2 aromatic carbocycles. The topological polar surface area (TPSA) is 128 Å². The molecule has 0 saturated heterocycles. The number of hydrogen-bond acceptors (Lipinski definition) is 8. The van der Waals surface area contributed by atoms with Gasteiger partial charge in [0.25, 0.3) is 10.0 Å². The minimum Gasteiger partial charge on any atom is -0.489 e. The van der Waals surface area contributed by atoms with Gasteiger partial charge < -0.3 is 9.47 Å². The number of rotatable bonds is 6. The molecule has 13 heteroatoms. The van der Waals surface area contributed by atoms with Gasteiger partial charge in [0.15, 0.2) is 5.75 Å². The molecule has 0 aliphatic carbocycles. The molecule has 37 heavy (non-hydrogen) atoms. The standard InChI is InChI=1S/C24H21FN4O6S2/c1-34-24-21(28-37(32,33)18-6-4-17(25)5-7-18)12-16(13-27-24)15-3-8-20-19(11-15)23-22(14-26-20)29(9-10-35-23)36(2,30)31/h3-8,11-14,28H,9-10H2,1-2H3. The van der Waals surface area contributed by atoms with Crippen molar-refractivity contribution in [3.63, 3.8) is 0 Å². The Kier molecular flexibility index (Phi) is 6.12. The van der Waals surface area contributed by atoms with Crippen LogP contribution in [0, 0.1) is 5.82 Å². The molecular formula is C24H21FN4O6S2. The molecule has 3 heterocycles. The highest BCUT2D eigenvalue weighted by Crippen LogP contribution is 2.40. The zero-order chi connectivity index (χ0) is 26.4. The Bertz CT molecular complexity index is 1730. The van der Waals surface area contributed by atoms with E-state index < -0.39 is 25.9 Å². The molecule has 1 N–H and O–H groups in total. The number of anilines is 2. The summed E-state index contributed by atoms with van der Waals surface area (Å²) in [5.41, 5.74) is 2.22. The van der Waals surface area contributed by atoms with Crippen LogP contribution in [0.4, 0.5) is 15.8 Å². The summed E-state index contributed by atoms with van der Waals surface area (Å²) < 4.78 is 78.3. The molecule has 192 valence electrons. The Morgan fingerprint density at radius 3 is 2.46 bits per heavy atom. The number of fused-ring (bicyclic) bond motifs is 3. The number of methoxy groups -OCH3 is 1.